The van der Waals surface area contributed by atoms with Gasteiger partial charge in [0.25, 0.3) is 0 Å². The minimum absolute atomic E-state index is 0.0672. The third-order valence-corrected chi connectivity index (χ3v) is 6.30. The Labute approximate surface area is 149 Å². The van der Waals surface area contributed by atoms with Crippen LogP contribution in [-0.4, -0.2) is 67.2 Å². The van der Waals surface area contributed by atoms with E-state index in [0.29, 0.717) is 19.0 Å². The monoisotopic (exact) mass is 362 g/mol. The number of alkyl halides is 3. The van der Waals surface area contributed by atoms with E-state index in [1.807, 2.05) is 0 Å². The first-order valence-electron chi connectivity index (χ1n) is 9.24. The smallest absolute Gasteiger partial charge is 0.356 e. The van der Waals surface area contributed by atoms with Gasteiger partial charge in [-0.2, -0.15) is 13.2 Å². The lowest BCUT2D eigenvalue weighted by Crippen LogP contribution is -2.72. The second-order valence-electron chi connectivity index (χ2n) is 8.63. The maximum Gasteiger partial charge on any atom is 0.401 e. The van der Waals surface area contributed by atoms with Crippen molar-refractivity contribution in [2.75, 3.05) is 39.8 Å². The van der Waals surface area contributed by atoms with Crippen molar-refractivity contribution >= 4 is 5.96 Å². The SMILES string of the molecule is CN=C(NCCC1CCN(CC(F)(F)F)CC1)N1CC(C)(C)C1(C)C. The molecule has 0 aromatic heterocycles. The molecule has 0 aromatic rings. The Hall–Kier alpha value is -0.980. The van der Waals surface area contributed by atoms with E-state index in [4.69, 9.17) is 0 Å². The highest BCUT2D eigenvalue weighted by molar-refractivity contribution is 5.81. The lowest BCUT2D eigenvalue weighted by atomic mass is 9.65. The van der Waals surface area contributed by atoms with E-state index in [0.717, 1.165) is 38.3 Å². The molecule has 0 radical (unpaired) electrons. The molecule has 2 fully saturated rings. The number of hydrogen-bond acceptors (Lipinski definition) is 2. The zero-order valence-electron chi connectivity index (χ0n) is 16.2. The summed E-state index contributed by atoms with van der Waals surface area (Å²) in [6, 6.07) is 0. The van der Waals surface area contributed by atoms with E-state index in [-0.39, 0.29) is 11.0 Å². The quantitative estimate of drug-likeness (QED) is 0.615. The van der Waals surface area contributed by atoms with Crippen LogP contribution >= 0.6 is 0 Å². The van der Waals surface area contributed by atoms with Gasteiger partial charge in [-0.05, 0) is 52.1 Å². The zero-order chi connectivity index (χ0) is 18.9. The minimum atomic E-state index is -4.08. The van der Waals surface area contributed by atoms with Crippen molar-refractivity contribution in [3.63, 3.8) is 0 Å². The molecule has 0 aromatic carbocycles. The van der Waals surface area contributed by atoms with Crippen LogP contribution in [0.5, 0.6) is 0 Å². The predicted molar refractivity (Wildman–Crippen MR) is 95.8 cm³/mol. The summed E-state index contributed by atoms with van der Waals surface area (Å²) in [6.07, 6.45) is -1.41. The molecular weight excluding hydrogens is 329 g/mol. The lowest BCUT2D eigenvalue weighted by molar-refractivity contribution is -0.148. The molecule has 2 rings (SSSR count). The molecule has 1 N–H and O–H groups in total. The van der Waals surface area contributed by atoms with Gasteiger partial charge in [-0.15, -0.1) is 0 Å². The molecule has 2 saturated heterocycles. The second-order valence-corrected chi connectivity index (χ2v) is 8.63. The molecule has 0 atom stereocenters. The van der Waals surface area contributed by atoms with Crippen LogP contribution in [0.25, 0.3) is 0 Å². The summed E-state index contributed by atoms with van der Waals surface area (Å²) in [4.78, 5) is 8.23. The molecule has 0 bridgehead atoms. The van der Waals surface area contributed by atoms with Crippen molar-refractivity contribution in [2.24, 2.45) is 16.3 Å². The maximum absolute atomic E-state index is 12.4. The summed E-state index contributed by atoms with van der Waals surface area (Å²) in [5, 5.41) is 3.44. The highest BCUT2D eigenvalue weighted by Gasteiger charge is 2.53. The molecule has 0 amide bonds. The molecule has 0 spiro atoms. The lowest BCUT2D eigenvalue weighted by Gasteiger charge is -2.62. The molecule has 0 saturated carbocycles. The number of halogens is 3. The van der Waals surface area contributed by atoms with Gasteiger partial charge in [0.15, 0.2) is 5.96 Å². The molecule has 2 aliphatic rings. The van der Waals surface area contributed by atoms with Crippen molar-refractivity contribution in [1.82, 2.24) is 15.1 Å². The molecule has 0 aliphatic carbocycles. The van der Waals surface area contributed by atoms with Crippen molar-refractivity contribution in [1.29, 1.82) is 0 Å². The summed E-state index contributed by atoms with van der Waals surface area (Å²) in [5.74, 6) is 1.43. The topological polar surface area (TPSA) is 30.9 Å². The Balaban J connectivity index is 1.71. The third-order valence-electron chi connectivity index (χ3n) is 6.30. The van der Waals surface area contributed by atoms with Crippen LogP contribution in [0, 0.1) is 11.3 Å². The highest BCUT2D eigenvalue weighted by Crippen LogP contribution is 2.46. The van der Waals surface area contributed by atoms with Gasteiger partial charge in [-0.25, -0.2) is 0 Å². The van der Waals surface area contributed by atoms with Crippen LogP contribution in [0.3, 0.4) is 0 Å². The van der Waals surface area contributed by atoms with Crippen LogP contribution in [0.4, 0.5) is 13.2 Å². The number of guanidine groups is 1. The van der Waals surface area contributed by atoms with Crippen LogP contribution in [0.1, 0.15) is 47.0 Å². The average molecular weight is 362 g/mol. The molecule has 25 heavy (non-hydrogen) atoms. The molecular formula is C18H33F3N4. The van der Waals surface area contributed by atoms with Gasteiger partial charge in [-0.3, -0.25) is 9.89 Å². The second kappa shape index (κ2) is 7.33. The van der Waals surface area contributed by atoms with Crippen LogP contribution < -0.4 is 5.32 Å². The van der Waals surface area contributed by atoms with Crippen molar-refractivity contribution in [3.05, 3.63) is 0 Å². The average Bonchev–Trinajstić information content (AvgIpc) is 2.50. The predicted octanol–water partition coefficient (Wildman–Crippen LogP) is 3.35. The standard InChI is InChI=1S/C18H33F3N4/c1-16(2)12-25(17(16,3)4)15(22-5)23-9-6-14-7-10-24(11-8-14)13-18(19,20)21/h14H,6-13H2,1-5H3,(H,22,23). The number of nitrogens with zero attached hydrogens (tertiary/aromatic N) is 3. The Morgan fingerprint density at radius 2 is 1.76 bits per heavy atom. The first-order chi connectivity index (χ1) is 11.5. The van der Waals surface area contributed by atoms with E-state index in [1.165, 1.54) is 4.90 Å². The maximum atomic E-state index is 12.4. The first-order valence-corrected chi connectivity index (χ1v) is 9.24. The Morgan fingerprint density at radius 3 is 2.20 bits per heavy atom. The van der Waals surface area contributed by atoms with Gasteiger partial charge >= 0.3 is 6.18 Å². The van der Waals surface area contributed by atoms with E-state index < -0.39 is 12.7 Å². The normalized spacial score (nSPS) is 25.0. The number of nitrogens with one attached hydrogen (secondary N) is 1. The van der Waals surface area contributed by atoms with E-state index in [2.05, 4.69) is 42.9 Å². The van der Waals surface area contributed by atoms with Crippen molar-refractivity contribution in [2.45, 2.75) is 58.7 Å². The fourth-order valence-corrected chi connectivity index (χ4v) is 3.77. The molecule has 7 heteroatoms. The first kappa shape index (κ1) is 20.3. The van der Waals surface area contributed by atoms with E-state index >= 15 is 0 Å². The van der Waals surface area contributed by atoms with Gasteiger partial charge in [0.1, 0.15) is 0 Å². The molecule has 4 nitrogen and oxygen atoms in total. The van der Waals surface area contributed by atoms with Gasteiger partial charge in [0.05, 0.1) is 6.54 Å². The Bertz CT molecular complexity index is 477. The van der Waals surface area contributed by atoms with Crippen LogP contribution in [-0.2, 0) is 0 Å². The number of likely N-dealkylation sites (tertiary alicyclic amines) is 2. The summed E-state index contributed by atoms with van der Waals surface area (Å²) in [6.45, 7) is 11.1. The summed E-state index contributed by atoms with van der Waals surface area (Å²) >= 11 is 0. The Morgan fingerprint density at radius 1 is 1.16 bits per heavy atom. The van der Waals surface area contributed by atoms with Crippen molar-refractivity contribution in [3.8, 4) is 0 Å². The molecule has 2 heterocycles. The summed E-state index contributed by atoms with van der Waals surface area (Å²) < 4.78 is 37.3. The molecule has 0 unspecified atom stereocenters. The summed E-state index contributed by atoms with van der Waals surface area (Å²) in [7, 11) is 1.80. The van der Waals surface area contributed by atoms with Gasteiger partial charge in [0, 0.05) is 31.1 Å². The minimum Gasteiger partial charge on any atom is -0.356 e. The van der Waals surface area contributed by atoms with Crippen LogP contribution in [0.15, 0.2) is 4.99 Å². The van der Waals surface area contributed by atoms with E-state index in [1.54, 1.807) is 7.05 Å². The zero-order valence-corrected chi connectivity index (χ0v) is 16.2. The third kappa shape index (κ3) is 4.80. The van der Waals surface area contributed by atoms with Crippen LogP contribution in [0.2, 0.25) is 0 Å². The van der Waals surface area contributed by atoms with Gasteiger partial charge in [-0.1, -0.05) is 13.8 Å². The number of rotatable bonds is 4. The Kier molecular flexibility index (Phi) is 5.96. The van der Waals surface area contributed by atoms with E-state index in [9.17, 15) is 13.2 Å². The largest absolute Gasteiger partial charge is 0.401 e. The number of piperidine rings is 1. The molecule has 2 aliphatic heterocycles. The number of aliphatic imine (C=N–C) groups is 1. The van der Waals surface area contributed by atoms with Crippen molar-refractivity contribution < 1.29 is 13.2 Å². The fraction of sp³-hybridized carbons (Fsp3) is 0.944. The molecule has 146 valence electrons. The van der Waals surface area contributed by atoms with Gasteiger partial charge in [0.2, 0.25) is 0 Å². The number of hydrogen-bond donors (Lipinski definition) is 1. The highest BCUT2D eigenvalue weighted by atomic mass is 19.4. The summed E-state index contributed by atoms with van der Waals surface area (Å²) in [5.41, 5.74) is 0.327. The van der Waals surface area contributed by atoms with Gasteiger partial charge < -0.3 is 10.2 Å². The fourth-order valence-electron chi connectivity index (χ4n) is 3.77.